The van der Waals surface area contributed by atoms with Crippen molar-refractivity contribution in [3.05, 3.63) is 70.9 Å². The quantitative estimate of drug-likeness (QED) is 0.557. The highest BCUT2D eigenvalue weighted by molar-refractivity contribution is 6.02. The van der Waals surface area contributed by atoms with Crippen LogP contribution in [0.4, 0.5) is 5.95 Å². The van der Waals surface area contributed by atoms with Crippen LogP contribution in [-0.4, -0.2) is 36.1 Å². The first-order valence-corrected chi connectivity index (χ1v) is 7.43. The Bertz CT molecular complexity index is 1120. The summed E-state index contributed by atoms with van der Waals surface area (Å²) in [5, 5.41) is 18.1. The molecular weight excluding hydrogens is 320 g/mol. The Balaban J connectivity index is 2.03. The largest absolute Gasteiger partial charge is 0.494 e. The Labute approximate surface area is 141 Å². The van der Waals surface area contributed by atoms with Crippen molar-refractivity contribution in [3.63, 3.8) is 0 Å². The molecule has 3 aromatic heterocycles. The van der Waals surface area contributed by atoms with E-state index in [4.69, 9.17) is 0 Å². The Morgan fingerprint density at radius 3 is 2.60 bits per heavy atom. The van der Waals surface area contributed by atoms with Gasteiger partial charge in [-0.2, -0.15) is 10.1 Å². The van der Waals surface area contributed by atoms with Crippen molar-refractivity contribution >= 4 is 22.9 Å². The number of nitrogens with one attached hydrogen (secondary N) is 1. The SMILES string of the molecule is O=c1c2ccccc2c(C=Nc2ncn[nH]2)c(O)n1-c1ccccn1. The van der Waals surface area contributed by atoms with Crippen molar-refractivity contribution in [1.82, 2.24) is 24.7 Å². The van der Waals surface area contributed by atoms with Gasteiger partial charge in [0.05, 0.1) is 5.56 Å². The van der Waals surface area contributed by atoms with Gasteiger partial charge in [-0.3, -0.25) is 4.79 Å². The van der Waals surface area contributed by atoms with E-state index in [1.807, 2.05) is 0 Å². The Hall–Kier alpha value is -3.81. The van der Waals surface area contributed by atoms with E-state index < -0.39 is 0 Å². The summed E-state index contributed by atoms with van der Waals surface area (Å²) in [6.07, 6.45) is 4.33. The number of aliphatic imine (C=N–C) groups is 1. The number of aromatic nitrogens is 5. The standard InChI is InChI=1S/C17H12N6O2/c24-15-12-6-2-1-5-11(12)13(9-19-17-20-10-21-22-17)16(25)23(15)14-7-3-4-8-18-14/h1-10,25H,(H,20,21,22). The molecule has 8 heteroatoms. The summed E-state index contributed by atoms with van der Waals surface area (Å²) >= 11 is 0. The fourth-order valence-corrected chi connectivity index (χ4v) is 2.57. The number of pyridine rings is 2. The van der Waals surface area contributed by atoms with Crippen LogP contribution >= 0.6 is 0 Å². The second-order valence-electron chi connectivity index (χ2n) is 5.18. The molecule has 0 aliphatic heterocycles. The highest BCUT2D eigenvalue weighted by Gasteiger charge is 2.16. The zero-order valence-corrected chi connectivity index (χ0v) is 12.9. The molecule has 8 nitrogen and oxygen atoms in total. The maximum atomic E-state index is 12.8. The minimum atomic E-state index is -0.358. The molecule has 0 radical (unpaired) electrons. The lowest BCUT2D eigenvalue weighted by Crippen LogP contribution is -2.20. The number of aromatic amines is 1. The lowest BCUT2D eigenvalue weighted by Gasteiger charge is -2.12. The smallest absolute Gasteiger partial charge is 0.267 e. The third-order valence-electron chi connectivity index (χ3n) is 3.70. The third-order valence-corrected chi connectivity index (χ3v) is 3.70. The van der Waals surface area contributed by atoms with E-state index in [0.717, 1.165) is 4.57 Å². The van der Waals surface area contributed by atoms with Gasteiger partial charge >= 0.3 is 0 Å². The van der Waals surface area contributed by atoms with E-state index in [1.165, 1.54) is 12.5 Å². The fraction of sp³-hybridized carbons (Fsp3) is 0. The van der Waals surface area contributed by atoms with E-state index in [0.29, 0.717) is 28.1 Å². The Kier molecular flexibility index (Phi) is 3.55. The van der Waals surface area contributed by atoms with Gasteiger partial charge in [0.25, 0.3) is 5.56 Å². The van der Waals surface area contributed by atoms with Crippen LogP contribution in [0.5, 0.6) is 5.88 Å². The first-order chi connectivity index (χ1) is 12.3. The number of aromatic hydroxyl groups is 1. The summed E-state index contributed by atoms with van der Waals surface area (Å²) in [6.45, 7) is 0. The summed E-state index contributed by atoms with van der Waals surface area (Å²) in [4.78, 5) is 25.1. The van der Waals surface area contributed by atoms with Gasteiger partial charge in [-0.15, -0.1) is 0 Å². The van der Waals surface area contributed by atoms with Crippen molar-refractivity contribution in [2.24, 2.45) is 4.99 Å². The summed E-state index contributed by atoms with van der Waals surface area (Å²) in [5.41, 5.74) is 0.0286. The van der Waals surface area contributed by atoms with Gasteiger partial charge in [0.2, 0.25) is 11.8 Å². The van der Waals surface area contributed by atoms with Gasteiger partial charge in [-0.1, -0.05) is 24.3 Å². The average Bonchev–Trinajstić information content (AvgIpc) is 3.16. The van der Waals surface area contributed by atoms with E-state index in [9.17, 15) is 9.90 Å². The molecule has 0 aliphatic rings. The number of benzene rings is 1. The van der Waals surface area contributed by atoms with Gasteiger partial charge in [-0.05, 0) is 18.2 Å². The maximum absolute atomic E-state index is 12.8. The van der Waals surface area contributed by atoms with Crippen LogP contribution in [0.1, 0.15) is 5.56 Å². The zero-order chi connectivity index (χ0) is 17.2. The number of rotatable bonds is 3. The third kappa shape index (κ3) is 2.55. The molecule has 2 N–H and O–H groups in total. The highest BCUT2D eigenvalue weighted by Crippen LogP contribution is 2.25. The monoisotopic (exact) mass is 332 g/mol. The van der Waals surface area contributed by atoms with Crippen LogP contribution in [0.2, 0.25) is 0 Å². The van der Waals surface area contributed by atoms with Gasteiger partial charge in [0.15, 0.2) is 0 Å². The number of hydrogen-bond acceptors (Lipinski definition) is 6. The molecule has 4 rings (SSSR count). The van der Waals surface area contributed by atoms with Crippen LogP contribution < -0.4 is 5.56 Å². The molecule has 4 aromatic rings. The molecular formula is C17H12N6O2. The molecule has 3 heterocycles. The van der Waals surface area contributed by atoms with Crippen molar-refractivity contribution in [2.75, 3.05) is 0 Å². The van der Waals surface area contributed by atoms with Crippen LogP contribution in [-0.2, 0) is 0 Å². The lowest BCUT2D eigenvalue weighted by atomic mass is 10.1. The molecule has 25 heavy (non-hydrogen) atoms. The number of H-pyrrole nitrogens is 1. The van der Waals surface area contributed by atoms with Gasteiger partial charge in [-0.25, -0.2) is 19.6 Å². The zero-order valence-electron chi connectivity index (χ0n) is 12.9. The van der Waals surface area contributed by atoms with Crippen molar-refractivity contribution in [3.8, 4) is 11.7 Å². The van der Waals surface area contributed by atoms with Gasteiger partial charge < -0.3 is 5.11 Å². The molecule has 0 fully saturated rings. The average molecular weight is 332 g/mol. The second-order valence-corrected chi connectivity index (χ2v) is 5.18. The second kappa shape index (κ2) is 6.00. The molecule has 1 aromatic carbocycles. The van der Waals surface area contributed by atoms with E-state index in [1.54, 1.807) is 48.7 Å². The van der Waals surface area contributed by atoms with Crippen LogP contribution in [0.25, 0.3) is 16.6 Å². The number of fused-ring (bicyclic) bond motifs is 1. The fourth-order valence-electron chi connectivity index (χ4n) is 2.57. The normalized spacial score (nSPS) is 11.4. The Morgan fingerprint density at radius 2 is 1.88 bits per heavy atom. The molecule has 0 amide bonds. The molecule has 0 unspecified atom stereocenters. The topological polar surface area (TPSA) is 109 Å². The minimum Gasteiger partial charge on any atom is -0.494 e. The molecule has 0 bridgehead atoms. The molecule has 0 atom stereocenters. The predicted octanol–water partition coefficient (Wildman–Crippen LogP) is 1.96. The lowest BCUT2D eigenvalue weighted by molar-refractivity contribution is 0.435. The summed E-state index contributed by atoms with van der Waals surface area (Å²) < 4.78 is 1.16. The van der Waals surface area contributed by atoms with Crippen LogP contribution in [0.15, 0.2) is 64.8 Å². The van der Waals surface area contributed by atoms with Crippen LogP contribution in [0, 0.1) is 0 Å². The predicted molar refractivity (Wildman–Crippen MR) is 92.6 cm³/mol. The van der Waals surface area contributed by atoms with Crippen molar-refractivity contribution in [1.29, 1.82) is 0 Å². The number of hydrogen-bond donors (Lipinski definition) is 2. The molecule has 0 aliphatic carbocycles. The van der Waals surface area contributed by atoms with Gasteiger partial charge in [0.1, 0.15) is 12.1 Å². The van der Waals surface area contributed by atoms with Crippen LogP contribution in [0.3, 0.4) is 0 Å². The van der Waals surface area contributed by atoms with Crippen molar-refractivity contribution in [2.45, 2.75) is 0 Å². The molecule has 122 valence electrons. The minimum absolute atomic E-state index is 0.245. The van der Waals surface area contributed by atoms with E-state index in [2.05, 4.69) is 25.2 Å². The molecule has 0 spiro atoms. The molecule has 0 saturated heterocycles. The first-order valence-electron chi connectivity index (χ1n) is 7.43. The molecule has 0 saturated carbocycles. The summed E-state index contributed by atoms with van der Waals surface area (Å²) in [6, 6.07) is 12.1. The van der Waals surface area contributed by atoms with E-state index in [-0.39, 0.29) is 11.4 Å². The van der Waals surface area contributed by atoms with E-state index >= 15 is 0 Å². The summed E-state index contributed by atoms with van der Waals surface area (Å²) in [5.74, 6) is 0.370. The van der Waals surface area contributed by atoms with Gasteiger partial charge in [0, 0.05) is 23.2 Å². The highest BCUT2D eigenvalue weighted by atomic mass is 16.3. The van der Waals surface area contributed by atoms with Crippen molar-refractivity contribution < 1.29 is 5.11 Å². The first kappa shape index (κ1) is 14.8. The Morgan fingerprint density at radius 1 is 1.08 bits per heavy atom. The number of nitrogens with zero attached hydrogens (tertiary/aromatic N) is 5. The maximum Gasteiger partial charge on any atom is 0.267 e. The summed E-state index contributed by atoms with van der Waals surface area (Å²) in [7, 11) is 0.